The molecule has 2 saturated carbocycles. The minimum Gasteiger partial charge on any atom is -0.326 e. The molecule has 1 aromatic rings. The molecule has 0 aromatic heterocycles. The van der Waals surface area contributed by atoms with E-state index in [1.807, 2.05) is 12.1 Å². The molecule has 1 N–H and O–H groups in total. The third-order valence-electron chi connectivity index (χ3n) is 4.86. The summed E-state index contributed by atoms with van der Waals surface area (Å²) in [6, 6.07) is 7.24. The lowest BCUT2D eigenvalue weighted by Crippen LogP contribution is -2.15. The van der Waals surface area contributed by atoms with Gasteiger partial charge < -0.3 is 5.32 Å². The Bertz CT molecular complexity index is 520. The minimum atomic E-state index is -0.0916. The number of Topliss-reactive ketones (excluding diaryl/α,β-unsaturated/α-hetero) is 1. The zero-order valence-electron chi connectivity index (χ0n) is 11.9. The number of carbonyl (C=O) groups excluding carboxylic acids is 2. The topological polar surface area (TPSA) is 46.2 Å². The molecule has 2 bridgehead atoms. The first-order valence-corrected chi connectivity index (χ1v) is 7.52. The van der Waals surface area contributed by atoms with Crippen LogP contribution < -0.4 is 5.32 Å². The largest absolute Gasteiger partial charge is 0.326 e. The number of hydrogen-bond donors (Lipinski definition) is 1. The van der Waals surface area contributed by atoms with Crippen LogP contribution in [0.3, 0.4) is 0 Å². The van der Waals surface area contributed by atoms with Crippen molar-refractivity contribution in [1.82, 2.24) is 0 Å². The molecule has 3 atom stereocenters. The predicted molar refractivity (Wildman–Crippen MR) is 78.6 cm³/mol. The Balaban J connectivity index is 1.61. The van der Waals surface area contributed by atoms with Gasteiger partial charge in [-0.05, 0) is 61.3 Å². The average Bonchev–Trinajstić information content (AvgIpc) is 3.01. The molecule has 0 saturated heterocycles. The number of rotatable bonds is 4. The van der Waals surface area contributed by atoms with Crippen molar-refractivity contribution >= 4 is 17.4 Å². The number of benzene rings is 1. The number of amides is 1. The summed E-state index contributed by atoms with van der Waals surface area (Å²) in [5, 5.41) is 2.72. The van der Waals surface area contributed by atoms with Gasteiger partial charge in [0.25, 0.3) is 0 Å². The fourth-order valence-electron chi connectivity index (χ4n) is 3.93. The van der Waals surface area contributed by atoms with Crippen LogP contribution in [0, 0.1) is 17.8 Å². The van der Waals surface area contributed by atoms with Crippen molar-refractivity contribution < 1.29 is 9.59 Å². The van der Waals surface area contributed by atoms with E-state index in [4.69, 9.17) is 0 Å². The Morgan fingerprint density at radius 1 is 1.15 bits per heavy atom. The quantitative estimate of drug-likeness (QED) is 0.850. The van der Waals surface area contributed by atoms with Gasteiger partial charge in [0.1, 0.15) is 0 Å². The monoisotopic (exact) mass is 271 g/mol. The molecule has 1 aromatic carbocycles. The third kappa shape index (κ3) is 2.77. The normalized spacial score (nSPS) is 27.6. The van der Waals surface area contributed by atoms with Crippen LogP contribution in [0.25, 0.3) is 0 Å². The Labute approximate surface area is 119 Å². The number of carbonyl (C=O) groups is 2. The van der Waals surface area contributed by atoms with Crippen LogP contribution in [0.15, 0.2) is 24.3 Å². The standard InChI is InChI=1S/C17H21NO2/c1-11(19)18-16-6-4-13(5-7-16)17(20)10-15-9-12-2-3-14(15)8-12/h4-7,12,14-15H,2-3,8-10H2,1H3,(H,18,19). The molecule has 3 heteroatoms. The number of anilines is 1. The maximum Gasteiger partial charge on any atom is 0.221 e. The molecule has 0 aliphatic heterocycles. The summed E-state index contributed by atoms with van der Waals surface area (Å²) in [6.45, 7) is 1.48. The first-order chi connectivity index (χ1) is 9.61. The van der Waals surface area contributed by atoms with E-state index >= 15 is 0 Å². The molecule has 20 heavy (non-hydrogen) atoms. The SMILES string of the molecule is CC(=O)Nc1ccc(C(=O)CC2CC3CCC2C3)cc1. The van der Waals surface area contributed by atoms with Crippen molar-refractivity contribution in [2.24, 2.45) is 17.8 Å². The van der Waals surface area contributed by atoms with Crippen LogP contribution in [0.4, 0.5) is 5.69 Å². The summed E-state index contributed by atoms with van der Waals surface area (Å²) in [5.41, 5.74) is 1.51. The molecule has 1 amide bonds. The summed E-state index contributed by atoms with van der Waals surface area (Å²) in [7, 11) is 0. The number of ketones is 1. The lowest BCUT2D eigenvalue weighted by molar-refractivity contribution is -0.114. The van der Waals surface area contributed by atoms with Gasteiger partial charge in [-0.15, -0.1) is 0 Å². The van der Waals surface area contributed by atoms with Gasteiger partial charge in [0.2, 0.25) is 5.91 Å². The van der Waals surface area contributed by atoms with Gasteiger partial charge in [-0.1, -0.05) is 6.42 Å². The number of nitrogens with one attached hydrogen (secondary N) is 1. The van der Waals surface area contributed by atoms with E-state index in [0.29, 0.717) is 12.3 Å². The van der Waals surface area contributed by atoms with E-state index in [-0.39, 0.29) is 11.7 Å². The highest BCUT2D eigenvalue weighted by Gasteiger charge is 2.40. The Hall–Kier alpha value is -1.64. The molecule has 3 rings (SSSR count). The molecule has 2 fully saturated rings. The maximum absolute atomic E-state index is 12.3. The first kappa shape index (κ1) is 13.3. The Morgan fingerprint density at radius 3 is 2.45 bits per heavy atom. The molecule has 106 valence electrons. The second-order valence-electron chi connectivity index (χ2n) is 6.32. The second kappa shape index (κ2) is 5.39. The molecule has 3 nitrogen and oxygen atoms in total. The Kier molecular flexibility index (Phi) is 3.60. The van der Waals surface area contributed by atoms with E-state index in [9.17, 15) is 9.59 Å². The number of hydrogen-bond acceptors (Lipinski definition) is 2. The molecule has 0 radical (unpaired) electrons. The van der Waals surface area contributed by atoms with Crippen LogP contribution in [0.5, 0.6) is 0 Å². The first-order valence-electron chi connectivity index (χ1n) is 7.52. The Morgan fingerprint density at radius 2 is 1.90 bits per heavy atom. The summed E-state index contributed by atoms with van der Waals surface area (Å²) in [6.07, 6.45) is 5.99. The van der Waals surface area contributed by atoms with Crippen molar-refractivity contribution in [2.75, 3.05) is 5.32 Å². The molecule has 3 unspecified atom stereocenters. The van der Waals surface area contributed by atoms with Crippen LogP contribution >= 0.6 is 0 Å². The van der Waals surface area contributed by atoms with Crippen LogP contribution in [-0.2, 0) is 4.79 Å². The highest BCUT2D eigenvalue weighted by molar-refractivity contribution is 5.97. The van der Waals surface area contributed by atoms with Crippen molar-refractivity contribution in [3.05, 3.63) is 29.8 Å². The van der Waals surface area contributed by atoms with Crippen LogP contribution in [0.2, 0.25) is 0 Å². The van der Waals surface area contributed by atoms with Crippen molar-refractivity contribution in [3.8, 4) is 0 Å². The fourth-order valence-corrected chi connectivity index (χ4v) is 3.93. The summed E-state index contributed by atoms with van der Waals surface area (Å²) >= 11 is 0. The van der Waals surface area contributed by atoms with Crippen LogP contribution in [-0.4, -0.2) is 11.7 Å². The van der Waals surface area contributed by atoms with Gasteiger partial charge >= 0.3 is 0 Å². The van der Waals surface area contributed by atoms with E-state index in [2.05, 4.69) is 5.32 Å². The number of fused-ring (bicyclic) bond motifs is 2. The highest BCUT2D eigenvalue weighted by atomic mass is 16.1. The molecule has 0 spiro atoms. The molecular formula is C17H21NO2. The maximum atomic E-state index is 12.3. The fraction of sp³-hybridized carbons (Fsp3) is 0.529. The van der Waals surface area contributed by atoms with Gasteiger partial charge in [0.05, 0.1) is 0 Å². The van der Waals surface area contributed by atoms with Gasteiger partial charge in [0.15, 0.2) is 5.78 Å². The van der Waals surface area contributed by atoms with Gasteiger partial charge in [0, 0.05) is 24.6 Å². The van der Waals surface area contributed by atoms with Gasteiger partial charge in [-0.25, -0.2) is 0 Å². The van der Waals surface area contributed by atoms with E-state index < -0.39 is 0 Å². The van der Waals surface area contributed by atoms with E-state index in [1.165, 1.54) is 32.6 Å². The lowest BCUT2D eigenvalue weighted by atomic mass is 9.84. The predicted octanol–water partition coefficient (Wildman–Crippen LogP) is 3.65. The lowest BCUT2D eigenvalue weighted by Gasteiger charge is -2.20. The molecule has 2 aliphatic rings. The minimum absolute atomic E-state index is 0.0916. The zero-order chi connectivity index (χ0) is 14.1. The molecule has 0 heterocycles. The van der Waals surface area contributed by atoms with Crippen molar-refractivity contribution in [1.29, 1.82) is 0 Å². The smallest absolute Gasteiger partial charge is 0.221 e. The van der Waals surface area contributed by atoms with Gasteiger partial charge in [-0.2, -0.15) is 0 Å². The van der Waals surface area contributed by atoms with Gasteiger partial charge in [-0.3, -0.25) is 9.59 Å². The summed E-state index contributed by atoms with van der Waals surface area (Å²) < 4.78 is 0. The summed E-state index contributed by atoms with van der Waals surface area (Å²) in [5.74, 6) is 2.45. The van der Waals surface area contributed by atoms with Crippen LogP contribution in [0.1, 0.15) is 49.4 Å². The summed E-state index contributed by atoms with van der Waals surface area (Å²) in [4.78, 5) is 23.3. The highest BCUT2D eigenvalue weighted by Crippen LogP contribution is 2.49. The van der Waals surface area contributed by atoms with E-state index in [0.717, 1.165) is 23.1 Å². The average molecular weight is 271 g/mol. The third-order valence-corrected chi connectivity index (χ3v) is 4.86. The van der Waals surface area contributed by atoms with E-state index in [1.54, 1.807) is 12.1 Å². The molecule has 2 aliphatic carbocycles. The van der Waals surface area contributed by atoms with Crippen molar-refractivity contribution in [2.45, 2.75) is 39.0 Å². The van der Waals surface area contributed by atoms with Crippen molar-refractivity contribution in [3.63, 3.8) is 0 Å². The molecular weight excluding hydrogens is 250 g/mol. The zero-order valence-corrected chi connectivity index (χ0v) is 11.9. The second-order valence-corrected chi connectivity index (χ2v) is 6.32.